The first kappa shape index (κ1) is 20.9. The standard InChI is InChI=1S/C18H21ClN4O3S3/c1-11-2-3-12(8-15(11)19)20-17-21-22-18(28-17)27-9-16(24)23(13-4-5-13)14-6-7-29(25,26)10-14/h2-3,8,13-14H,4-7,9-10H2,1H3,(H,20,21). The van der Waals surface area contributed by atoms with Crippen molar-refractivity contribution in [1.29, 1.82) is 0 Å². The molecule has 2 heterocycles. The molecule has 1 saturated carbocycles. The predicted molar refractivity (Wildman–Crippen MR) is 117 cm³/mol. The van der Waals surface area contributed by atoms with Gasteiger partial charge in [-0.1, -0.05) is 40.8 Å². The average Bonchev–Trinajstić information content (AvgIpc) is 3.28. The van der Waals surface area contributed by atoms with Crippen LogP contribution in [0.2, 0.25) is 5.02 Å². The SMILES string of the molecule is Cc1ccc(Nc2nnc(SCC(=O)N(C3CC3)C3CCS(=O)(=O)C3)s2)cc1Cl. The van der Waals surface area contributed by atoms with Crippen molar-refractivity contribution in [2.24, 2.45) is 0 Å². The molecule has 1 N–H and O–H groups in total. The van der Waals surface area contributed by atoms with Gasteiger partial charge >= 0.3 is 0 Å². The largest absolute Gasteiger partial charge is 0.335 e. The number of nitrogens with one attached hydrogen (secondary N) is 1. The van der Waals surface area contributed by atoms with Crippen LogP contribution < -0.4 is 5.32 Å². The van der Waals surface area contributed by atoms with Gasteiger partial charge in [-0.2, -0.15) is 0 Å². The lowest BCUT2D eigenvalue weighted by molar-refractivity contribution is -0.130. The van der Waals surface area contributed by atoms with Gasteiger partial charge in [-0.05, 0) is 43.9 Å². The normalized spacial score (nSPS) is 20.6. The van der Waals surface area contributed by atoms with Crippen LogP contribution in [0.5, 0.6) is 0 Å². The van der Waals surface area contributed by atoms with Gasteiger partial charge in [0.05, 0.1) is 17.3 Å². The van der Waals surface area contributed by atoms with Crippen LogP contribution in [0.1, 0.15) is 24.8 Å². The number of sulfone groups is 1. The molecule has 1 atom stereocenters. The molecular formula is C18H21ClN4O3S3. The van der Waals surface area contributed by atoms with Gasteiger partial charge in [-0.15, -0.1) is 10.2 Å². The first-order valence-corrected chi connectivity index (χ1v) is 13.3. The highest BCUT2D eigenvalue weighted by molar-refractivity contribution is 8.01. The number of aryl methyl sites for hydroxylation is 1. The van der Waals surface area contributed by atoms with Crippen molar-refractivity contribution < 1.29 is 13.2 Å². The lowest BCUT2D eigenvalue weighted by Gasteiger charge is -2.28. The fourth-order valence-corrected chi connectivity index (χ4v) is 6.90. The van der Waals surface area contributed by atoms with Crippen LogP contribution in [-0.2, 0) is 14.6 Å². The van der Waals surface area contributed by atoms with Gasteiger partial charge in [0.15, 0.2) is 14.2 Å². The molecular weight excluding hydrogens is 452 g/mol. The minimum absolute atomic E-state index is 0.0189. The summed E-state index contributed by atoms with van der Waals surface area (Å²) >= 11 is 8.85. The second-order valence-corrected chi connectivity index (χ2v) is 12.2. The summed E-state index contributed by atoms with van der Waals surface area (Å²) in [6.07, 6.45) is 2.46. The van der Waals surface area contributed by atoms with Crippen LogP contribution in [0.25, 0.3) is 0 Å². The Morgan fingerprint density at radius 2 is 2.10 bits per heavy atom. The molecule has 1 aliphatic carbocycles. The second-order valence-electron chi connectivity index (χ2n) is 7.34. The van der Waals surface area contributed by atoms with E-state index in [0.717, 1.165) is 24.1 Å². The third-order valence-electron chi connectivity index (χ3n) is 4.98. The Hall–Kier alpha value is -1.36. The van der Waals surface area contributed by atoms with Gasteiger partial charge in [0, 0.05) is 22.8 Å². The van der Waals surface area contributed by atoms with Crippen molar-refractivity contribution in [2.45, 2.75) is 42.6 Å². The average molecular weight is 473 g/mol. The minimum Gasteiger partial charge on any atom is -0.335 e. The Morgan fingerprint density at radius 3 is 2.76 bits per heavy atom. The fraction of sp³-hybridized carbons (Fsp3) is 0.500. The van der Waals surface area contributed by atoms with E-state index >= 15 is 0 Å². The Bertz CT molecular complexity index is 1020. The van der Waals surface area contributed by atoms with Crippen molar-refractivity contribution in [3.8, 4) is 0 Å². The Kier molecular flexibility index (Phi) is 6.06. The van der Waals surface area contributed by atoms with Gasteiger partial charge in [0.2, 0.25) is 11.0 Å². The highest BCUT2D eigenvalue weighted by Gasteiger charge is 2.41. The molecule has 4 rings (SSSR count). The molecule has 1 aromatic carbocycles. The van der Waals surface area contributed by atoms with Crippen LogP contribution in [-0.4, -0.2) is 58.8 Å². The number of hydrogen-bond donors (Lipinski definition) is 1. The van der Waals surface area contributed by atoms with E-state index in [-0.39, 0.29) is 35.2 Å². The number of anilines is 2. The molecule has 1 unspecified atom stereocenters. The molecule has 2 aromatic rings. The summed E-state index contributed by atoms with van der Waals surface area (Å²) < 4.78 is 24.3. The molecule has 0 radical (unpaired) electrons. The summed E-state index contributed by atoms with van der Waals surface area (Å²) in [7, 11) is -3.02. The number of carbonyl (C=O) groups is 1. The second kappa shape index (κ2) is 8.41. The van der Waals surface area contributed by atoms with Crippen LogP contribution in [0.3, 0.4) is 0 Å². The maximum Gasteiger partial charge on any atom is 0.233 e. The van der Waals surface area contributed by atoms with E-state index < -0.39 is 9.84 Å². The monoisotopic (exact) mass is 472 g/mol. The van der Waals surface area contributed by atoms with Gasteiger partial charge in [0.25, 0.3) is 0 Å². The highest BCUT2D eigenvalue weighted by Crippen LogP contribution is 2.34. The van der Waals surface area contributed by atoms with Crippen molar-refractivity contribution in [2.75, 3.05) is 22.6 Å². The fourth-order valence-electron chi connectivity index (χ4n) is 3.36. The molecule has 1 aliphatic heterocycles. The molecule has 29 heavy (non-hydrogen) atoms. The van der Waals surface area contributed by atoms with Crippen LogP contribution in [0.4, 0.5) is 10.8 Å². The Morgan fingerprint density at radius 1 is 1.31 bits per heavy atom. The van der Waals surface area contributed by atoms with E-state index in [1.54, 1.807) is 0 Å². The number of benzene rings is 1. The maximum atomic E-state index is 12.8. The lowest BCUT2D eigenvalue weighted by Crippen LogP contribution is -2.43. The summed E-state index contributed by atoms with van der Waals surface area (Å²) in [5, 5.41) is 12.7. The summed E-state index contributed by atoms with van der Waals surface area (Å²) in [5.41, 5.74) is 1.83. The molecule has 11 heteroatoms. The zero-order chi connectivity index (χ0) is 20.6. The third-order valence-corrected chi connectivity index (χ3v) is 9.09. The number of rotatable bonds is 7. The molecule has 1 saturated heterocycles. The number of halogens is 1. The zero-order valence-electron chi connectivity index (χ0n) is 15.8. The van der Waals surface area contributed by atoms with Crippen LogP contribution in [0.15, 0.2) is 22.5 Å². The van der Waals surface area contributed by atoms with Crippen LogP contribution >= 0.6 is 34.7 Å². The van der Waals surface area contributed by atoms with Crippen molar-refractivity contribution in [1.82, 2.24) is 15.1 Å². The predicted octanol–water partition coefficient (Wildman–Crippen LogP) is 3.51. The van der Waals surface area contributed by atoms with E-state index in [0.29, 0.717) is 20.9 Å². The topological polar surface area (TPSA) is 92.3 Å². The number of thioether (sulfide) groups is 1. The summed E-state index contributed by atoms with van der Waals surface area (Å²) in [6, 6.07) is 5.69. The van der Waals surface area contributed by atoms with Gasteiger partial charge < -0.3 is 10.2 Å². The minimum atomic E-state index is -3.02. The lowest BCUT2D eigenvalue weighted by atomic mass is 10.2. The van der Waals surface area contributed by atoms with Crippen LogP contribution in [0, 0.1) is 6.92 Å². The van der Waals surface area contributed by atoms with Crippen molar-refractivity contribution >= 4 is 61.3 Å². The molecule has 0 bridgehead atoms. The molecule has 1 aromatic heterocycles. The van der Waals surface area contributed by atoms with E-state index in [1.165, 1.54) is 23.1 Å². The molecule has 2 fully saturated rings. The summed E-state index contributed by atoms with van der Waals surface area (Å²) in [6.45, 7) is 1.94. The van der Waals surface area contributed by atoms with E-state index in [1.807, 2.05) is 30.0 Å². The molecule has 1 amide bonds. The summed E-state index contributed by atoms with van der Waals surface area (Å²) in [4.78, 5) is 14.6. The maximum absolute atomic E-state index is 12.8. The van der Waals surface area contributed by atoms with E-state index in [2.05, 4.69) is 15.5 Å². The number of carbonyl (C=O) groups excluding carboxylic acids is 1. The van der Waals surface area contributed by atoms with Crippen molar-refractivity contribution in [3.63, 3.8) is 0 Å². The first-order valence-electron chi connectivity index (χ1n) is 9.32. The number of nitrogens with zero attached hydrogens (tertiary/aromatic N) is 3. The van der Waals surface area contributed by atoms with E-state index in [4.69, 9.17) is 11.6 Å². The van der Waals surface area contributed by atoms with E-state index in [9.17, 15) is 13.2 Å². The first-order chi connectivity index (χ1) is 13.8. The zero-order valence-corrected chi connectivity index (χ0v) is 19.0. The van der Waals surface area contributed by atoms with Gasteiger partial charge in [0.1, 0.15) is 0 Å². The smallest absolute Gasteiger partial charge is 0.233 e. The number of amides is 1. The Labute approximate surface area is 183 Å². The summed E-state index contributed by atoms with van der Waals surface area (Å²) in [5.74, 6) is 0.481. The quantitative estimate of drug-likeness (QED) is 0.616. The molecule has 7 nitrogen and oxygen atoms in total. The number of hydrogen-bond acceptors (Lipinski definition) is 8. The third kappa shape index (κ3) is 5.22. The van der Waals surface area contributed by atoms with Gasteiger partial charge in [-0.3, -0.25) is 4.79 Å². The molecule has 156 valence electrons. The van der Waals surface area contributed by atoms with Crippen molar-refractivity contribution in [3.05, 3.63) is 28.8 Å². The van der Waals surface area contributed by atoms with Gasteiger partial charge in [-0.25, -0.2) is 8.42 Å². The molecule has 2 aliphatic rings. The molecule has 0 spiro atoms. The number of aromatic nitrogens is 2. The highest BCUT2D eigenvalue weighted by atomic mass is 35.5. The Balaban J connectivity index is 1.35.